The molecule has 5 nitrogen and oxygen atoms in total. The summed E-state index contributed by atoms with van der Waals surface area (Å²) in [6.45, 7) is 0. The van der Waals surface area contributed by atoms with Crippen LogP contribution in [0.5, 0.6) is 0 Å². The summed E-state index contributed by atoms with van der Waals surface area (Å²) in [5.74, 6) is 0.565. The molecule has 6 heteroatoms. The summed E-state index contributed by atoms with van der Waals surface area (Å²) in [5, 5.41) is 5.27. The first-order valence-electron chi connectivity index (χ1n) is 9.21. The Hall–Kier alpha value is -3.77. The van der Waals surface area contributed by atoms with Gasteiger partial charge in [0.1, 0.15) is 0 Å². The average Bonchev–Trinajstić information content (AvgIpc) is 3.36. The lowest BCUT2D eigenvalue weighted by molar-refractivity contribution is 1.15. The molecule has 3 aromatic heterocycles. The molecule has 5 rings (SSSR count). The molecule has 0 aliphatic rings. The van der Waals surface area contributed by atoms with Crippen LogP contribution in [0.4, 0.5) is 11.6 Å². The molecule has 0 unspecified atom stereocenters. The van der Waals surface area contributed by atoms with Crippen molar-refractivity contribution >= 4 is 40.1 Å². The number of hydrogen-bond donors (Lipinski definition) is 1. The van der Waals surface area contributed by atoms with Crippen molar-refractivity contribution in [2.75, 3.05) is 5.32 Å². The molecule has 0 atom stereocenters. The number of imidazole rings is 1. The number of thiazole rings is 1. The van der Waals surface area contributed by atoms with Gasteiger partial charge in [0.2, 0.25) is 5.95 Å². The topological polar surface area (TPSA) is 55.1 Å². The Balaban J connectivity index is 1.48. The first-order chi connectivity index (χ1) is 14.4. The number of fused-ring (bicyclic) bond motifs is 1. The maximum atomic E-state index is 4.81. The monoisotopic (exact) mass is 395 g/mol. The lowest BCUT2D eigenvalue weighted by Crippen LogP contribution is -1.97. The second kappa shape index (κ2) is 7.69. The fourth-order valence-corrected chi connectivity index (χ4v) is 3.83. The highest BCUT2D eigenvalue weighted by Gasteiger charge is 2.12. The molecule has 29 heavy (non-hydrogen) atoms. The molecule has 5 aromatic rings. The number of benzene rings is 2. The molecule has 0 spiro atoms. The van der Waals surface area contributed by atoms with E-state index in [1.165, 1.54) is 0 Å². The minimum absolute atomic E-state index is 0.565. The first kappa shape index (κ1) is 17.3. The number of hydrogen-bond acceptors (Lipinski definition) is 5. The molecule has 0 bridgehead atoms. The third kappa shape index (κ3) is 3.66. The van der Waals surface area contributed by atoms with Crippen LogP contribution in [0, 0.1) is 0 Å². The zero-order valence-corrected chi connectivity index (χ0v) is 16.3. The predicted octanol–water partition coefficient (Wildman–Crippen LogP) is 5.77. The Labute approximate surface area is 172 Å². The van der Waals surface area contributed by atoms with Crippen LogP contribution in [0.25, 0.3) is 28.4 Å². The summed E-state index contributed by atoms with van der Waals surface area (Å²) in [6, 6.07) is 22.0. The van der Waals surface area contributed by atoms with E-state index in [1.54, 1.807) is 17.5 Å². The summed E-state index contributed by atoms with van der Waals surface area (Å²) >= 11 is 1.62. The number of para-hydroxylation sites is 1. The number of aromatic nitrogens is 4. The normalized spacial score (nSPS) is 11.3. The predicted molar refractivity (Wildman–Crippen MR) is 119 cm³/mol. The average molecular weight is 395 g/mol. The van der Waals surface area contributed by atoms with Crippen LogP contribution in [0.15, 0.2) is 84.5 Å². The molecule has 140 valence electrons. The van der Waals surface area contributed by atoms with E-state index in [-0.39, 0.29) is 0 Å². The van der Waals surface area contributed by atoms with Crippen molar-refractivity contribution in [2.24, 2.45) is 0 Å². The van der Waals surface area contributed by atoms with Crippen molar-refractivity contribution in [3.05, 3.63) is 95.9 Å². The van der Waals surface area contributed by atoms with Gasteiger partial charge < -0.3 is 5.32 Å². The summed E-state index contributed by atoms with van der Waals surface area (Å²) < 4.78 is 2.10. The Morgan fingerprint density at radius 3 is 2.48 bits per heavy atom. The Morgan fingerprint density at radius 1 is 0.862 bits per heavy atom. The molecule has 0 saturated heterocycles. The zero-order chi connectivity index (χ0) is 19.5. The third-order valence-corrected chi connectivity index (χ3v) is 5.22. The molecule has 0 aliphatic heterocycles. The SMILES string of the molecule is C(=Cc1c(-c2ccccc2)nc2sccn12)c1ccnc(Nc2ccccc2)n1. The van der Waals surface area contributed by atoms with Crippen LogP contribution >= 0.6 is 11.3 Å². The highest BCUT2D eigenvalue weighted by molar-refractivity contribution is 7.15. The molecular weight excluding hydrogens is 378 g/mol. The fraction of sp³-hybridized carbons (Fsp3) is 0. The van der Waals surface area contributed by atoms with Crippen molar-refractivity contribution in [3.8, 4) is 11.3 Å². The van der Waals surface area contributed by atoms with Crippen molar-refractivity contribution in [2.45, 2.75) is 0 Å². The van der Waals surface area contributed by atoms with Crippen LogP contribution < -0.4 is 5.32 Å². The van der Waals surface area contributed by atoms with Crippen molar-refractivity contribution in [3.63, 3.8) is 0 Å². The molecule has 3 heterocycles. The summed E-state index contributed by atoms with van der Waals surface area (Å²) in [6.07, 6.45) is 7.85. The number of nitrogens with zero attached hydrogens (tertiary/aromatic N) is 4. The lowest BCUT2D eigenvalue weighted by Gasteiger charge is -2.04. The summed E-state index contributed by atoms with van der Waals surface area (Å²) in [7, 11) is 0. The Bertz CT molecular complexity index is 1270. The molecule has 0 amide bonds. The van der Waals surface area contributed by atoms with Gasteiger partial charge in [0.15, 0.2) is 4.96 Å². The largest absolute Gasteiger partial charge is 0.324 e. The van der Waals surface area contributed by atoms with E-state index in [0.29, 0.717) is 5.95 Å². The smallest absolute Gasteiger partial charge is 0.227 e. The van der Waals surface area contributed by atoms with Gasteiger partial charge in [0.25, 0.3) is 0 Å². The molecule has 0 aliphatic carbocycles. The molecule has 1 N–H and O–H groups in total. The van der Waals surface area contributed by atoms with E-state index in [2.05, 4.69) is 37.9 Å². The zero-order valence-electron chi connectivity index (χ0n) is 15.4. The van der Waals surface area contributed by atoms with Crippen LogP contribution in [-0.2, 0) is 0 Å². The highest BCUT2D eigenvalue weighted by Crippen LogP contribution is 2.28. The van der Waals surface area contributed by atoms with Gasteiger partial charge in [-0.15, -0.1) is 11.3 Å². The Morgan fingerprint density at radius 2 is 1.66 bits per heavy atom. The maximum absolute atomic E-state index is 4.81. The van der Waals surface area contributed by atoms with Crippen LogP contribution in [0.2, 0.25) is 0 Å². The van der Waals surface area contributed by atoms with Crippen LogP contribution in [0.1, 0.15) is 11.4 Å². The van der Waals surface area contributed by atoms with Gasteiger partial charge in [-0.25, -0.2) is 15.0 Å². The van der Waals surface area contributed by atoms with Gasteiger partial charge in [-0.1, -0.05) is 48.5 Å². The second-order valence-corrected chi connectivity index (χ2v) is 7.27. The highest BCUT2D eigenvalue weighted by atomic mass is 32.1. The number of nitrogens with one attached hydrogen (secondary N) is 1. The Kier molecular flexibility index (Phi) is 4.60. The van der Waals surface area contributed by atoms with Crippen LogP contribution in [-0.4, -0.2) is 19.4 Å². The van der Waals surface area contributed by atoms with Gasteiger partial charge in [-0.3, -0.25) is 4.40 Å². The molecule has 0 fully saturated rings. The number of rotatable bonds is 5. The maximum Gasteiger partial charge on any atom is 0.227 e. The standard InChI is InChI=1S/C23H17N5S/c1-3-7-17(8-4-1)21-20(28-15-16-29-23(28)27-21)12-11-19-13-14-24-22(26-19)25-18-9-5-2-6-10-18/h1-16H,(H,24,25,26). The van der Waals surface area contributed by atoms with E-state index >= 15 is 0 Å². The third-order valence-electron chi connectivity index (χ3n) is 4.47. The quantitative estimate of drug-likeness (QED) is 0.411. The van der Waals surface area contributed by atoms with Crippen molar-refractivity contribution in [1.82, 2.24) is 19.4 Å². The van der Waals surface area contributed by atoms with E-state index in [0.717, 1.165) is 33.3 Å². The van der Waals surface area contributed by atoms with Gasteiger partial charge in [0, 0.05) is 29.0 Å². The van der Waals surface area contributed by atoms with Crippen molar-refractivity contribution < 1.29 is 0 Å². The fourth-order valence-electron chi connectivity index (χ4n) is 3.11. The lowest BCUT2D eigenvalue weighted by atomic mass is 10.1. The second-order valence-electron chi connectivity index (χ2n) is 6.40. The number of anilines is 2. The summed E-state index contributed by atoms with van der Waals surface area (Å²) in [5.41, 5.74) is 4.87. The van der Waals surface area contributed by atoms with Crippen molar-refractivity contribution in [1.29, 1.82) is 0 Å². The van der Waals surface area contributed by atoms with E-state index < -0.39 is 0 Å². The first-order valence-corrected chi connectivity index (χ1v) is 10.1. The van der Waals surface area contributed by atoms with Gasteiger partial charge in [0.05, 0.1) is 17.1 Å². The van der Waals surface area contributed by atoms with Crippen LogP contribution in [0.3, 0.4) is 0 Å². The van der Waals surface area contributed by atoms with E-state index in [1.807, 2.05) is 72.3 Å². The summed E-state index contributed by atoms with van der Waals surface area (Å²) in [4.78, 5) is 14.7. The van der Waals surface area contributed by atoms with E-state index in [9.17, 15) is 0 Å². The molecule has 0 radical (unpaired) electrons. The van der Waals surface area contributed by atoms with Gasteiger partial charge in [-0.05, 0) is 30.4 Å². The van der Waals surface area contributed by atoms with E-state index in [4.69, 9.17) is 4.98 Å². The minimum atomic E-state index is 0.565. The molecule has 0 saturated carbocycles. The van der Waals surface area contributed by atoms with Gasteiger partial charge in [-0.2, -0.15) is 0 Å². The minimum Gasteiger partial charge on any atom is -0.324 e. The molecular formula is C23H17N5S. The molecule has 2 aromatic carbocycles. The van der Waals surface area contributed by atoms with Gasteiger partial charge >= 0.3 is 0 Å².